The Balaban J connectivity index is 1.02. The largest absolute Gasteiger partial charge is 0.456 e. The fraction of sp³-hybridized carbons (Fsp3) is 0.271. The number of fused-ring (bicyclic) bond motifs is 4. The van der Waals surface area contributed by atoms with Crippen LogP contribution in [0.4, 0.5) is 17.1 Å². The molecule has 1 aliphatic carbocycles. The minimum absolute atomic E-state index is 0.116. The second-order valence-electron chi connectivity index (χ2n) is 20.9. The van der Waals surface area contributed by atoms with Gasteiger partial charge in [0.25, 0.3) is 0 Å². The monoisotopic (exact) mass is 958 g/mol. The SMILES string of the molecule is CCCCCCCCC1(CCCCCCCC)c2cc(-c3ccc(N(c4ccc(-c5ccc(C)cc5)cc4)c4ccc(-c5ccc(C)cc5)cc4)cc3)ccc2-c2ccc(-c3cc4ccc(C=O)cc4o3)cc21. The van der Waals surface area contributed by atoms with Gasteiger partial charge >= 0.3 is 0 Å². The van der Waals surface area contributed by atoms with E-state index in [4.69, 9.17) is 4.42 Å². The highest BCUT2D eigenvalue weighted by Gasteiger charge is 2.43. The summed E-state index contributed by atoms with van der Waals surface area (Å²) in [5.41, 5.74) is 21.2. The average Bonchev–Trinajstić information content (AvgIpc) is 3.98. The molecule has 0 radical (unpaired) electrons. The van der Waals surface area contributed by atoms with E-state index in [1.54, 1.807) is 0 Å². The summed E-state index contributed by atoms with van der Waals surface area (Å²) in [7, 11) is 0. The van der Waals surface area contributed by atoms with E-state index in [1.165, 1.54) is 144 Å². The fourth-order valence-electron chi connectivity index (χ4n) is 11.5. The number of anilines is 3. The zero-order valence-corrected chi connectivity index (χ0v) is 43.6. The van der Waals surface area contributed by atoms with Crippen molar-refractivity contribution in [2.45, 2.75) is 123 Å². The first-order valence-corrected chi connectivity index (χ1v) is 27.4. The lowest BCUT2D eigenvalue weighted by atomic mass is 9.70. The first-order valence-electron chi connectivity index (χ1n) is 27.4. The molecule has 73 heavy (non-hydrogen) atoms. The molecule has 0 unspecified atom stereocenters. The van der Waals surface area contributed by atoms with Gasteiger partial charge in [0.05, 0.1) is 0 Å². The van der Waals surface area contributed by atoms with E-state index < -0.39 is 0 Å². The molecule has 3 heteroatoms. The molecule has 0 aliphatic heterocycles. The third-order valence-corrected chi connectivity index (χ3v) is 15.7. The van der Waals surface area contributed by atoms with Gasteiger partial charge in [-0.25, -0.2) is 0 Å². The molecule has 8 aromatic carbocycles. The number of hydrogen-bond acceptors (Lipinski definition) is 3. The van der Waals surface area contributed by atoms with E-state index >= 15 is 0 Å². The van der Waals surface area contributed by atoms with Crippen LogP contribution in [0.3, 0.4) is 0 Å². The Hall–Kier alpha value is -7.23. The maximum absolute atomic E-state index is 11.7. The highest BCUT2D eigenvalue weighted by Crippen LogP contribution is 2.56. The Morgan fingerprint density at radius 3 is 1.27 bits per heavy atom. The lowest BCUT2D eigenvalue weighted by Crippen LogP contribution is -2.25. The maximum atomic E-state index is 11.7. The summed E-state index contributed by atoms with van der Waals surface area (Å²) in [4.78, 5) is 14.1. The first-order chi connectivity index (χ1) is 35.8. The molecular weight excluding hydrogens is 887 g/mol. The molecule has 368 valence electrons. The summed E-state index contributed by atoms with van der Waals surface area (Å²) in [5, 5.41) is 1.01. The van der Waals surface area contributed by atoms with Crippen molar-refractivity contribution >= 4 is 34.3 Å². The van der Waals surface area contributed by atoms with E-state index in [9.17, 15) is 4.79 Å². The standard InChI is InChI=1S/C70H71NO2/c1-5-7-9-11-13-15-43-70(44-16-14-12-10-8-6-2)66-46-58(33-41-64(66)65-42-34-59(47-67(65)70)69-48-60-26-21-52(49-72)45-68(60)73-69)57-31-39-63(40-32-57)71(61-35-27-55(28-36-61)53-22-17-50(3)18-23-53)62-37-29-56(30-38-62)54-24-19-51(4)20-25-54/h17-42,45-49H,5-16,43-44H2,1-4H3. The van der Waals surface area contributed by atoms with Gasteiger partial charge in [-0.3, -0.25) is 4.79 Å². The van der Waals surface area contributed by atoms with Gasteiger partial charge in [-0.05, 0) is 143 Å². The van der Waals surface area contributed by atoms with Crippen LogP contribution in [0.5, 0.6) is 0 Å². The highest BCUT2D eigenvalue weighted by atomic mass is 16.3. The minimum Gasteiger partial charge on any atom is -0.456 e. The van der Waals surface area contributed by atoms with Crippen LogP contribution in [-0.2, 0) is 5.41 Å². The van der Waals surface area contributed by atoms with E-state index in [0.717, 1.165) is 58.5 Å². The van der Waals surface area contributed by atoms with Crippen molar-refractivity contribution in [1.29, 1.82) is 0 Å². The summed E-state index contributed by atoms with van der Waals surface area (Å²) in [6.07, 6.45) is 18.4. The van der Waals surface area contributed by atoms with Crippen molar-refractivity contribution in [2.75, 3.05) is 4.90 Å². The summed E-state index contributed by atoms with van der Waals surface area (Å²) in [6.45, 7) is 8.89. The Morgan fingerprint density at radius 2 is 0.808 bits per heavy atom. The molecule has 1 aliphatic rings. The molecule has 0 atom stereocenters. The Morgan fingerprint density at radius 1 is 0.411 bits per heavy atom. The Labute approximate surface area is 435 Å². The van der Waals surface area contributed by atoms with E-state index in [0.29, 0.717) is 5.56 Å². The van der Waals surface area contributed by atoms with Gasteiger partial charge in [0.1, 0.15) is 17.6 Å². The summed E-state index contributed by atoms with van der Waals surface area (Å²) in [6, 6.07) is 67.1. The van der Waals surface area contributed by atoms with E-state index in [-0.39, 0.29) is 5.41 Å². The van der Waals surface area contributed by atoms with Crippen molar-refractivity contribution in [3.05, 3.63) is 210 Å². The molecule has 0 amide bonds. The molecule has 0 N–H and O–H groups in total. The van der Waals surface area contributed by atoms with Crippen molar-refractivity contribution in [2.24, 2.45) is 0 Å². The smallest absolute Gasteiger partial charge is 0.150 e. The van der Waals surface area contributed by atoms with Gasteiger partial charge < -0.3 is 9.32 Å². The van der Waals surface area contributed by atoms with Gasteiger partial charge in [-0.2, -0.15) is 0 Å². The first kappa shape index (κ1) is 49.4. The van der Waals surface area contributed by atoms with Crippen LogP contribution < -0.4 is 4.90 Å². The van der Waals surface area contributed by atoms with Crippen LogP contribution in [-0.4, -0.2) is 6.29 Å². The molecule has 1 heterocycles. The lowest BCUT2D eigenvalue weighted by molar-refractivity contribution is 0.112. The number of aryl methyl sites for hydroxylation is 2. The number of unbranched alkanes of at least 4 members (excludes halogenated alkanes) is 10. The van der Waals surface area contributed by atoms with Crippen LogP contribution >= 0.6 is 0 Å². The van der Waals surface area contributed by atoms with Gasteiger partial charge in [-0.15, -0.1) is 0 Å². The molecule has 9 aromatic rings. The summed E-state index contributed by atoms with van der Waals surface area (Å²) < 4.78 is 6.53. The number of hydrogen-bond donors (Lipinski definition) is 0. The number of rotatable bonds is 22. The topological polar surface area (TPSA) is 33.5 Å². The van der Waals surface area contributed by atoms with E-state index in [1.807, 2.05) is 18.2 Å². The molecule has 0 saturated carbocycles. The molecule has 0 fully saturated rings. The molecule has 10 rings (SSSR count). The molecule has 0 spiro atoms. The molecule has 1 aromatic heterocycles. The second kappa shape index (κ2) is 22.7. The lowest BCUT2D eigenvalue weighted by Gasteiger charge is -2.33. The van der Waals surface area contributed by atoms with Gasteiger partial charge in [0.15, 0.2) is 0 Å². The average molecular weight is 958 g/mol. The van der Waals surface area contributed by atoms with Crippen LogP contribution in [0, 0.1) is 13.8 Å². The third-order valence-electron chi connectivity index (χ3n) is 15.7. The maximum Gasteiger partial charge on any atom is 0.150 e. The number of benzene rings is 8. The zero-order valence-electron chi connectivity index (χ0n) is 43.6. The van der Waals surface area contributed by atoms with Gasteiger partial charge in [-0.1, -0.05) is 223 Å². The van der Waals surface area contributed by atoms with Crippen LogP contribution in [0.25, 0.3) is 66.8 Å². The molecular formula is C70H71NO2. The normalized spacial score (nSPS) is 12.5. The predicted molar refractivity (Wildman–Crippen MR) is 310 cm³/mol. The predicted octanol–water partition coefficient (Wildman–Crippen LogP) is 20.8. The Bertz CT molecular complexity index is 3160. The molecule has 3 nitrogen and oxygen atoms in total. The number of aldehydes is 1. The van der Waals surface area contributed by atoms with Crippen LogP contribution in [0.1, 0.15) is 136 Å². The number of carbonyl (C=O) groups is 1. The Kier molecular flexibility index (Phi) is 15.3. The van der Waals surface area contributed by atoms with Crippen LogP contribution in [0.2, 0.25) is 0 Å². The zero-order chi connectivity index (χ0) is 50.2. The van der Waals surface area contributed by atoms with Crippen molar-refractivity contribution < 1.29 is 9.21 Å². The van der Waals surface area contributed by atoms with Crippen molar-refractivity contribution in [1.82, 2.24) is 0 Å². The van der Waals surface area contributed by atoms with Gasteiger partial charge in [0.2, 0.25) is 0 Å². The fourth-order valence-corrected chi connectivity index (χ4v) is 11.5. The van der Waals surface area contributed by atoms with E-state index in [2.05, 4.69) is 196 Å². The third kappa shape index (κ3) is 10.8. The number of carbonyl (C=O) groups excluding carboxylic acids is 1. The van der Waals surface area contributed by atoms with Crippen molar-refractivity contribution in [3.63, 3.8) is 0 Å². The molecule has 0 saturated heterocycles. The highest BCUT2D eigenvalue weighted by molar-refractivity contribution is 5.90. The quantitative estimate of drug-likeness (QED) is 0.0501. The molecule has 0 bridgehead atoms. The minimum atomic E-state index is -0.116. The van der Waals surface area contributed by atoms with Crippen molar-refractivity contribution in [3.8, 4) is 55.8 Å². The summed E-state index contributed by atoms with van der Waals surface area (Å²) in [5.74, 6) is 0.851. The van der Waals surface area contributed by atoms with Crippen LogP contribution in [0.15, 0.2) is 186 Å². The van der Waals surface area contributed by atoms with Gasteiger partial charge in [0, 0.05) is 39.0 Å². The second-order valence-corrected chi connectivity index (χ2v) is 20.9. The summed E-state index contributed by atoms with van der Waals surface area (Å²) >= 11 is 0. The number of nitrogens with zero attached hydrogens (tertiary/aromatic N) is 1. The number of furan rings is 1.